The molecule has 2 rings (SSSR count). The van der Waals surface area contributed by atoms with E-state index in [4.69, 9.17) is 0 Å². The number of nitrogens with zero attached hydrogens (tertiary/aromatic N) is 1. The van der Waals surface area contributed by atoms with Crippen LogP contribution >= 0.6 is 23.5 Å². The molecule has 1 aromatic rings. The van der Waals surface area contributed by atoms with Gasteiger partial charge in [0, 0.05) is 10.6 Å². The maximum atomic E-state index is 12.1. The number of benzene rings is 1. The molecule has 92 valence electrons. The predicted molar refractivity (Wildman–Crippen MR) is 69.8 cm³/mol. The summed E-state index contributed by atoms with van der Waals surface area (Å²) in [5, 5.41) is 0.857. The lowest BCUT2D eigenvalue weighted by atomic mass is 10.3. The predicted octanol–water partition coefficient (Wildman–Crippen LogP) is 3.02. The maximum Gasteiger partial charge on any atom is 0.288 e. The highest BCUT2D eigenvalue weighted by Crippen LogP contribution is 2.25. The second-order valence-corrected chi connectivity index (χ2v) is 5.34. The van der Waals surface area contributed by atoms with Crippen LogP contribution in [-0.2, 0) is 0 Å². The van der Waals surface area contributed by atoms with E-state index in [9.17, 15) is 8.78 Å². The zero-order chi connectivity index (χ0) is 12.1. The van der Waals surface area contributed by atoms with E-state index >= 15 is 0 Å². The van der Waals surface area contributed by atoms with Crippen LogP contribution in [0.1, 0.15) is 0 Å². The Morgan fingerprint density at radius 3 is 2.59 bits per heavy atom. The number of rotatable bonds is 4. The van der Waals surface area contributed by atoms with E-state index in [0.29, 0.717) is 16.7 Å². The molecule has 0 bridgehead atoms. The van der Waals surface area contributed by atoms with Gasteiger partial charge in [0.05, 0.1) is 12.2 Å². The number of amidine groups is 1. The number of nitrogens with one attached hydrogen (secondary N) is 2. The summed E-state index contributed by atoms with van der Waals surface area (Å²) in [4.78, 5) is 4.76. The van der Waals surface area contributed by atoms with Gasteiger partial charge in [0.2, 0.25) is 0 Å². The fourth-order valence-corrected chi connectivity index (χ4v) is 2.44. The highest BCUT2D eigenvalue weighted by atomic mass is 32.2. The number of halogens is 2. The van der Waals surface area contributed by atoms with Gasteiger partial charge in [-0.15, -0.1) is 0 Å². The summed E-state index contributed by atoms with van der Waals surface area (Å²) in [6.07, 6.45) is 0. The van der Waals surface area contributed by atoms with Gasteiger partial charge in [0.1, 0.15) is 0 Å². The Hall–Kier alpha value is -0.950. The van der Waals surface area contributed by atoms with Gasteiger partial charge in [0.25, 0.3) is 5.76 Å². The molecule has 0 atom stereocenters. The van der Waals surface area contributed by atoms with E-state index < -0.39 is 5.76 Å². The molecule has 1 aliphatic rings. The van der Waals surface area contributed by atoms with Crippen molar-refractivity contribution < 1.29 is 8.78 Å². The van der Waals surface area contributed by atoms with Gasteiger partial charge in [-0.2, -0.15) is 8.78 Å². The molecule has 0 aliphatic carbocycles. The van der Waals surface area contributed by atoms with Crippen molar-refractivity contribution in [2.45, 2.75) is 10.7 Å². The van der Waals surface area contributed by atoms with E-state index in [1.54, 1.807) is 36.0 Å². The highest BCUT2D eigenvalue weighted by Gasteiger charge is 2.06. The number of hydrogen-bond acceptors (Lipinski definition) is 5. The first-order chi connectivity index (χ1) is 8.24. The van der Waals surface area contributed by atoms with Crippen molar-refractivity contribution >= 4 is 34.4 Å². The molecule has 0 amide bonds. The number of aliphatic imine (C=N–C) groups is 1. The summed E-state index contributed by atoms with van der Waals surface area (Å²) >= 11 is 2.19. The monoisotopic (exact) mass is 275 g/mol. The molecule has 0 saturated heterocycles. The van der Waals surface area contributed by atoms with Crippen molar-refractivity contribution in [2.75, 3.05) is 17.7 Å². The Bertz CT molecular complexity index is 395. The first-order valence-corrected chi connectivity index (χ1v) is 6.85. The summed E-state index contributed by atoms with van der Waals surface area (Å²) < 4.78 is 24.2. The molecule has 3 nitrogen and oxygen atoms in total. The molecule has 1 heterocycles. The zero-order valence-electron chi connectivity index (χ0n) is 8.82. The summed E-state index contributed by atoms with van der Waals surface area (Å²) in [6, 6.07) is 6.81. The number of hydrazine groups is 1. The molecule has 2 N–H and O–H groups in total. The first-order valence-electron chi connectivity index (χ1n) is 4.98. The van der Waals surface area contributed by atoms with Gasteiger partial charge >= 0.3 is 0 Å². The summed E-state index contributed by atoms with van der Waals surface area (Å²) in [5.74, 6) is -1.38. The van der Waals surface area contributed by atoms with Crippen molar-refractivity contribution in [3.8, 4) is 0 Å². The normalized spacial score (nSPS) is 14.9. The summed E-state index contributed by atoms with van der Waals surface area (Å²) in [7, 11) is 0. The van der Waals surface area contributed by atoms with Crippen LogP contribution in [0.15, 0.2) is 34.2 Å². The second kappa shape index (κ2) is 6.11. The van der Waals surface area contributed by atoms with Gasteiger partial charge < -0.3 is 0 Å². The number of anilines is 1. The molecule has 0 aromatic heterocycles. The third-order valence-corrected chi connectivity index (χ3v) is 3.59. The maximum absolute atomic E-state index is 12.1. The number of thioether (sulfide) groups is 2. The summed E-state index contributed by atoms with van der Waals surface area (Å²) in [5.41, 5.74) is 6.75. The molecule has 7 heteroatoms. The van der Waals surface area contributed by atoms with Crippen molar-refractivity contribution in [3.63, 3.8) is 0 Å². The van der Waals surface area contributed by atoms with Gasteiger partial charge in [0.15, 0.2) is 5.17 Å². The van der Waals surface area contributed by atoms with E-state index in [-0.39, 0.29) is 0 Å². The number of hydrogen-bond donors (Lipinski definition) is 2. The molecule has 0 saturated carbocycles. The van der Waals surface area contributed by atoms with Crippen molar-refractivity contribution in [1.82, 2.24) is 5.43 Å². The molecule has 1 aliphatic heterocycles. The molecule has 0 unspecified atom stereocenters. The van der Waals surface area contributed by atoms with Crippen LogP contribution in [-0.4, -0.2) is 23.2 Å². The SMILES string of the molecule is FC(F)Sc1ccc(NNC2=NCCS2)cc1. The van der Waals surface area contributed by atoms with Crippen LogP contribution in [0.5, 0.6) is 0 Å². The molecular weight excluding hydrogens is 264 g/mol. The van der Waals surface area contributed by atoms with Crippen molar-refractivity contribution in [1.29, 1.82) is 0 Å². The first kappa shape index (κ1) is 12.5. The quantitative estimate of drug-likeness (QED) is 0.654. The van der Waals surface area contributed by atoms with Crippen LogP contribution in [0.4, 0.5) is 14.5 Å². The van der Waals surface area contributed by atoms with Gasteiger partial charge in [-0.25, -0.2) is 0 Å². The lowest BCUT2D eigenvalue weighted by molar-refractivity contribution is 0.252. The van der Waals surface area contributed by atoms with Crippen LogP contribution in [0.25, 0.3) is 0 Å². The van der Waals surface area contributed by atoms with Crippen LogP contribution in [0.2, 0.25) is 0 Å². The van der Waals surface area contributed by atoms with Gasteiger partial charge in [-0.1, -0.05) is 23.5 Å². The third-order valence-electron chi connectivity index (χ3n) is 1.98. The van der Waals surface area contributed by atoms with Crippen LogP contribution < -0.4 is 10.9 Å². The fraction of sp³-hybridized carbons (Fsp3) is 0.300. The third kappa shape index (κ3) is 4.08. The minimum absolute atomic E-state index is 0.541. The van der Waals surface area contributed by atoms with Crippen LogP contribution in [0.3, 0.4) is 0 Å². The minimum Gasteiger partial charge on any atom is -0.299 e. The number of alkyl halides is 2. The lowest BCUT2D eigenvalue weighted by Crippen LogP contribution is -2.25. The van der Waals surface area contributed by atoms with Crippen molar-refractivity contribution in [2.24, 2.45) is 4.99 Å². The standard InChI is InChI=1S/C10H11F2N3S2/c11-9(12)17-8-3-1-7(2-4-8)14-15-10-13-5-6-16-10/h1-4,9,14H,5-6H2,(H,13,15). The Balaban J connectivity index is 1.85. The summed E-state index contributed by atoms with van der Waals surface area (Å²) in [6.45, 7) is 0.832. The van der Waals surface area contributed by atoms with E-state index in [2.05, 4.69) is 15.8 Å². The minimum atomic E-state index is -2.38. The molecule has 17 heavy (non-hydrogen) atoms. The average Bonchev–Trinajstić information content (AvgIpc) is 2.80. The average molecular weight is 275 g/mol. The molecule has 0 radical (unpaired) electrons. The smallest absolute Gasteiger partial charge is 0.288 e. The topological polar surface area (TPSA) is 36.4 Å². The molecule has 1 aromatic carbocycles. The molecular formula is C10H11F2N3S2. The van der Waals surface area contributed by atoms with Gasteiger partial charge in [-0.05, 0) is 24.3 Å². The Morgan fingerprint density at radius 2 is 2.00 bits per heavy atom. The lowest BCUT2D eigenvalue weighted by Gasteiger charge is -2.09. The fourth-order valence-electron chi connectivity index (χ4n) is 1.26. The second-order valence-electron chi connectivity index (χ2n) is 3.19. The van der Waals surface area contributed by atoms with Crippen molar-refractivity contribution in [3.05, 3.63) is 24.3 Å². The van der Waals surface area contributed by atoms with E-state index in [0.717, 1.165) is 23.2 Å². The molecule has 0 spiro atoms. The molecule has 0 fully saturated rings. The highest BCUT2D eigenvalue weighted by molar-refractivity contribution is 8.14. The van der Waals surface area contributed by atoms with Crippen LogP contribution in [0, 0.1) is 0 Å². The zero-order valence-corrected chi connectivity index (χ0v) is 10.5. The largest absolute Gasteiger partial charge is 0.299 e. The van der Waals surface area contributed by atoms with E-state index in [1.165, 1.54) is 0 Å². The Morgan fingerprint density at radius 1 is 1.24 bits per heavy atom. The van der Waals surface area contributed by atoms with Gasteiger partial charge in [-0.3, -0.25) is 15.8 Å². The Kier molecular flexibility index (Phi) is 4.49. The van der Waals surface area contributed by atoms with E-state index in [1.807, 2.05) is 0 Å². The Labute approximate surface area is 106 Å².